The summed E-state index contributed by atoms with van der Waals surface area (Å²) in [5, 5.41) is 25.7. The molecule has 0 fully saturated rings. The molecule has 0 radical (unpaired) electrons. The number of nitrogens with zero attached hydrogens (tertiary/aromatic N) is 4. The Morgan fingerprint density at radius 1 is 1.38 bits per heavy atom. The maximum atomic E-state index is 9.20. The highest BCUT2D eigenvalue weighted by atomic mass is 16.3. The van der Waals surface area contributed by atoms with Crippen LogP contribution < -0.4 is 0 Å². The van der Waals surface area contributed by atoms with E-state index >= 15 is 0 Å². The molecule has 1 N–H and O–H groups in total. The quantitative estimate of drug-likeness (QED) is 0.807. The number of rotatable bonds is 2. The van der Waals surface area contributed by atoms with Gasteiger partial charge in [0.05, 0.1) is 35.3 Å². The van der Waals surface area contributed by atoms with E-state index in [-0.39, 0.29) is 6.61 Å². The van der Waals surface area contributed by atoms with Crippen LogP contribution in [0, 0.1) is 18.3 Å². The van der Waals surface area contributed by atoms with Gasteiger partial charge in [-0.25, -0.2) is 4.68 Å². The second kappa shape index (κ2) is 4.13. The lowest BCUT2D eigenvalue weighted by Crippen LogP contribution is -2.02. The summed E-state index contributed by atoms with van der Waals surface area (Å²) >= 11 is 0. The van der Waals surface area contributed by atoms with Crippen LogP contribution in [0.15, 0.2) is 24.3 Å². The minimum atomic E-state index is -0.112. The summed E-state index contributed by atoms with van der Waals surface area (Å²) in [4.78, 5) is 0. The number of aliphatic hydroxyl groups is 1. The number of aryl methyl sites for hydroxylation is 1. The van der Waals surface area contributed by atoms with Crippen LogP contribution in [-0.2, 0) is 6.61 Å². The van der Waals surface area contributed by atoms with Gasteiger partial charge >= 0.3 is 0 Å². The number of aliphatic hydroxyl groups excluding tert-OH is 1. The summed E-state index contributed by atoms with van der Waals surface area (Å²) in [6, 6.07) is 8.99. The molecule has 0 bridgehead atoms. The molecular weight excluding hydrogens is 204 g/mol. The van der Waals surface area contributed by atoms with E-state index in [1.807, 2.05) is 6.07 Å². The van der Waals surface area contributed by atoms with Crippen molar-refractivity contribution in [1.82, 2.24) is 15.0 Å². The lowest BCUT2D eigenvalue weighted by Gasteiger charge is -2.04. The molecule has 0 unspecified atom stereocenters. The molecule has 5 heteroatoms. The fourth-order valence-electron chi connectivity index (χ4n) is 1.44. The first-order chi connectivity index (χ1) is 7.76. The molecule has 1 aromatic heterocycles. The van der Waals surface area contributed by atoms with Crippen molar-refractivity contribution < 1.29 is 5.11 Å². The van der Waals surface area contributed by atoms with Crippen molar-refractivity contribution in [2.45, 2.75) is 13.5 Å². The van der Waals surface area contributed by atoms with Crippen molar-refractivity contribution in [3.05, 3.63) is 41.2 Å². The molecule has 0 saturated heterocycles. The predicted molar refractivity (Wildman–Crippen MR) is 56.7 cm³/mol. The smallest absolute Gasteiger partial charge is 0.0991 e. The van der Waals surface area contributed by atoms with Crippen LogP contribution in [0.4, 0.5) is 0 Å². The van der Waals surface area contributed by atoms with Crippen LogP contribution in [-0.4, -0.2) is 20.1 Å². The minimum absolute atomic E-state index is 0.112. The molecule has 0 saturated carbocycles. The van der Waals surface area contributed by atoms with Crippen molar-refractivity contribution in [2.24, 2.45) is 0 Å². The molecule has 5 nitrogen and oxygen atoms in total. The number of hydrogen-bond acceptors (Lipinski definition) is 4. The lowest BCUT2D eigenvalue weighted by atomic mass is 10.2. The van der Waals surface area contributed by atoms with Crippen LogP contribution in [0.5, 0.6) is 0 Å². The Bertz CT molecular complexity index is 536. The first kappa shape index (κ1) is 10.3. The third-order valence-electron chi connectivity index (χ3n) is 2.35. The summed E-state index contributed by atoms with van der Waals surface area (Å²) in [6.45, 7) is 1.68. The Morgan fingerprint density at radius 3 is 2.62 bits per heavy atom. The Morgan fingerprint density at radius 2 is 2.06 bits per heavy atom. The Balaban J connectivity index is 2.47. The van der Waals surface area contributed by atoms with E-state index in [1.54, 1.807) is 35.9 Å². The van der Waals surface area contributed by atoms with E-state index in [9.17, 15) is 5.11 Å². The highest BCUT2D eigenvalue weighted by Crippen LogP contribution is 2.13. The third-order valence-corrected chi connectivity index (χ3v) is 2.35. The predicted octanol–water partition coefficient (Wildman–Crippen LogP) is 0.940. The molecule has 2 rings (SSSR count). The first-order valence-corrected chi connectivity index (χ1v) is 4.79. The zero-order valence-electron chi connectivity index (χ0n) is 8.75. The first-order valence-electron chi connectivity index (χ1n) is 4.79. The van der Waals surface area contributed by atoms with Gasteiger partial charge in [-0.15, -0.1) is 5.10 Å². The standard InChI is InChI=1S/C11H10N4O/c1-8-11(7-16)15(14-13-8)10-4-2-9(6-12)3-5-10/h2-5,16H,7H2,1H3. The van der Waals surface area contributed by atoms with Crippen molar-refractivity contribution in [3.8, 4) is 11.8 Å². The van der Waals surface area contributed by atoms with Gasteiger partial charge in [0, 0.05) is 0 Å². The van der Waals surface area contributed by atoms with Crippen molar-refractivity contribution >= 4 is 0 Å². The second-order valence-electron chi connectivity index (χ2n) is 3.35. The van der Waals surface area contributed by atoms with Gasteiger partial charge in [0.15, 0.2) is 0 Å². The average Bonchev–Trinajstić information content (AvgIpc) is 2.70. The molecule has 2 aromatic rings. The number of nitriles is 1. The van der Waals surface area contributed by atoms with E-state index in [0.29, 0.717) is 17.0 Å². The summed E-state index contributed by atoms with van der Waals surface area (Å²) in [7, 11) is 0. The van der Waals surface area contributed by atoms with Gasteiger partial charge in [0.25, 0.3) is 0 Å². The molecule has 0 amide bonds. The number of aromatic nitrogens is 3. The normalized spacial score (nSPS) is 10.1. The van der Waals surface area contributed by atoms with Crippen LogP contribution in [0.1, 0.15) is 17.0 Å². The summed E-state index contributed by atoms with van der Waals surface area (Å²) in [5.74, 6) is 0. The molecule has 0 spiro atoms. The van der Waals surface area contributed by atoms with E-state index in [2.05, 4.69) is 10.3 Å². The van der Waals surface area contributed by atoms with Gasteiger partial charge in [0.2, 0.25) is 0 Å². The average molecular weight is 214 g/mol. The van der Waals surface area contributed by atoms with Crippen LogP contribution in [0.2, 0.25) is 0 Å². The maximum absolute atomic E-state index is 9.20. The van der Waals surface area contributed by atoms with Crippen molar-refractivity contribution in [2.75, 3.05) is 0 Å². The third kappa shape index (κ3) is 1.66. The van der Waals surface area contributed by atoms with Crippen LogP contribution in [0.3, 0.4) is 0 Å². The largest absolute Gasteiger partial charge is 0.390 e. The Labute approximate surface area is 92.6 Å². The molecule has 1 aromatic carbocycles. The highest BCUT2D eigenvalue weighted by Gasteiger charge is 2.09. The summed E-state index contributed by atoms with van der Waals surface area (Å²) < 4.78 is 1.57. The maximum Gasteiger partial charge on any atom is 0.0991 e. The molecule has 1 heterocycles. The summed E-state index contributed by atoms with van der Waals surface area (Å²) in [5.41, 5.74) is 2.73. The molecule has 0 atom stereocenters. The SMILES string of the molecule is Cc1nnn(-c2ccc(C#N)cc2)c1CO. The fraction of sp³-hybridized carbons (Fsp3) is 0.182. The van der Waals surface area contributed by atoms with Gasteiger partial charge in [-0.05, 0) is 31.2 Å². The highest BCUT2D eigenvalue weighted by molar-refractivity contribution is 5.39. The molecule has 0 aliphatic carbocycles. The van der Waals surface area contributed by atoms with Gasteiger partial charge < -0.3 is 5.11 Å². The minimum Gasteiger partial charge on any atom is -0.390 e. The topological polar surface area (TPSA) is 74.7 Å². The molecular formula is C11H10N4O. The second-order valence-corrected chi connectivity index (χ2v) is 3.35. The molecule has 16 heavy (non-hydrogen) atoms. The van der Waals surface area contributed by atoms with Gasteiger partial charge in [-0.1, -0.05) is 5.21 Å². The van der Waals surface area contributed by atoms with Gasteiger partial charge in [0.1, 0.15) is 0 Å². The van der Waals surface area contributed by atoms with Crippen molar-refractivity contribution in [1.29, 1.82) is 5.26 Å². The van der Waals surface area contributed by atoms with Gasteiger partial charge in [-0.2, -0.15) is 5.26 Å². The monoisotopic (exact) mass is 214 g/mol. The van der Waals surface area contributed by atoms with E-state index in [4.69, 9.17) is 5.26 Å². The molecule has 0 aliphatic rings. The Hall–Kier alpha value is -2.19. The van der Waals surface area contributed by atoms with E-state index in [0.717, 1.165) is 5.69 Å². The van der Waals surface area contributed by atoms with Crippen molar-refractivity contribution in [3.63, 3.8) is 0 Å². The number of benzene rings is 1. The fourth-order valence-corrected chi connectivity index (χ4v) is 1.44. The van der Waals surface area contributed by atoms with Crippen LogP contribution in [0.25, 0.3) is 5.69 Å². The Kier molecular flexibility index (Phi) is 2.66. The zero-order chi connectivity index (χ0) is 11.5. The number of hydrogen-bond donors (Lipinski definition) is 1. The van der Waals surface area contributed by atoms with E-state index in [1.165, 1.54) is 0 Å². The molecule has 0 aliphatic heterocycles. The van der Waals surface area contributed by atoms with E-state index < -0.39 is 0 Å². The zero-order valence-corrected chi connectivity index (χ0v) is 8.75. The van der Waals surface area contributed by atoms with Crippen LogP contribution >= 0.6 is 0 Å². The van der Waals surface area contributed by atoms with Gasteiger partial charge in [-0.3, -0.25) is 0 Å². The summed E-state index contributed by atoms with van der Waals surface area (Å²) in [6.07, 6.45) is 0. The molecule has 80 valence electrons. The lowest BCUT2D eigenvalue weighted by molar-refractivity contribution is 0.272.